The molecule has 200 valence electrons. The van der Waals surface area contributed by atoms with Gasteiger partial charge in [-0.15, -0.1) is 0 Å². The minimum absolute atomic E-state index is 0.00573. The number of carbonyl (C=O) groups excluding carboxylic acids is 1. The van der Waals surface area contributed by atoms with E-state index >= 15 is 0 Å². The second-order valence-electron chi connectivity index (χ2n) is 8.58. The lowest BCUT2D eigenvalue weighted by Crippen LogP contribution is -2.41. The summed E-state index contributed by atoms with van der Waals surface area (Å²) in [5, 5.41) is 22.3. The van der Waals surface area contributed by atoms with Gasteiger partial charge < -0.3 is 29.5 Å². The minimum Gasteiger partial charge on any atom is -0.477 e. The van der Waals surface area contributed by atoms with Crippen molar-refractivity contribution >= 4 is 22.8 Å². The number of aliphatic hydroxyl groups excluding tert-OH is 1. The SMILES string of the molecule is CCN(CCN1CCC(c2noc3cc(F)ccc23)CC1)C(=O)CCO.O=C(O)c1cc(=O)[nH]c(=O)[nH]1. The van der Waals surface area contributed by atoms with Crippen molar-refractivity contribution in [2.75, 3.05) is 39.3 Å². The van der Waals surface area contributed by atoms with Gasteiger partial charge in [-0.3, -0.25) is 14.6 Å². The summed E-state index contributed by atoms with van der Waals surface area (Å²) >= 11 is 0. The number of hydrogen-bond donors (Lipinski definition) is 4. The van der Waals surface area contributed by atoms with Crippen molar-refractivity contribution in [1.82, 2.24) is 24.9 Å². The molecule has 1 aliphatic rings. The van der Waals surface area contributed by atoms with Gasteiger partial charge in [-0.2, -0.15) is 0 Å². The highest BCUT2D eigenvalue weighted by atomic mass is 19.1. The first-order valence-corrected chi connectivity index (χ1v) is 11.9. The number of carbonyl (C=O) groups is 2. The van der Waals surface area contributed by atoms with E-state index in [1.807, 2.05) is 16.9 Å². The smallest absolute Gasteiger partial charge is 0.352 e. The van der Waals surface area contributed by atoms with E-state index in [-0.39, 0.29) is 24.8 Å². The number of rotatable bonds is 8. The van der Waals surface area contributed by atoms with Crippen LogP contribution in [0.2, 0.25) is 0 Å². The molecular weight excluding hydrogens is 489 g/mol. The number of aromatic carboxylic acids is 1. The van der Waals surface area contributed by atoms with E-state index in [4.69, 9.17) is 14.7 Å². The predicted octanol–water partition coefficient (Wildman–Crippen LogP) is 1.14. The van der Waals surface area contributed by atoms with Gasteiger partial charge in [-0.1, -0.05) is 5.16 Å². The summed E-state index contributed by atoms with van der Waals surface area (Å²) in [6.45, 7) is 5.92. The summed E-state index contributed by atoms with van der Waals surface area (Å²) in [4.78, 5) is 50.9. The van der Waals surface area contributed by atoms with Crippen LogP contribution in [0.5, 0.6) is 0 Å². The Kier molecular flexibility index (Phi) is 9.69. The number of halogens is 1. The quantitative estimate of drug-likeness (QED) is 0.340. The van der Waals surface area contributed by atoms with Crippen molar-refractivity contribution in [2.45, 2.75) is 32.1 Å². The van der Waals surface area contributed by atoms with Gasteiger partial charge in [0.15, 0.2) is 5.58 Å². The maximum Gasteiger partial charge on any atom is 0.352 e. The number of nitrogens with one attached hydrogen (secondary N) is 2. The zero-order valence-corrected chi connectivity index (χ0v) is 20.4. The Morgan fingerprint density at radius 2 is 1.95 bits per heavy atom. The number of likely N-dealkylation sites (tertiary alicyclic amines) is 1. The first-order valence-electron chi connectivity index (χ1n) is 11.9. The highest BCUT2D eigenvalue weighted by Crippen LogP contribution is 2.32. The first-order chi connectivity index (χ1) is 17.7. The molecule has 37 heavy (non-hydrogen) atoms. The number of nitrogens with zero attached hydrogens (tertiary/aromatic N) is 3. The van der Waals surface area contributed by atoms with E-state index in [9.17, 15) is 23.6 Å². The number of fused-ring (bicyclic) bond motifs is 1. The topological polar surface area (TPSA) is 173 Å². The van der Waals surface area contributed by atoms with E-state index in [1.54, 1.807) is 11.0 Å². The van der Waals surface area contributed by atoms with Crippen LogP contribution in [-0.2, 0) is 4.79 Å². The van der Waals surface area contributed by atoms with Crippen LogP contribution in [-0.4, -0.2) is 86.3 Å². The number of carboxylic acids is 1. The molecule has 0 aliphatic carbocycles. The summed E-state index contributed by atoms with van der Waals surface area (Å²) in [5.74, 6) is -1.33. The monoisotopic (exact) mass is 519 g/mol. The van der Waals surface area contributed by atoms with Crippen molar-refractivity contribution in [2.24, 2.45) is 0 Å². The van der Waals surface area contributed by atoms with E-state index in [1.165, 1.54) is 12.1 Å². The average Bonchev–Trinajstić information content (AvgIpc) is 3.28. The number of aliphatic hydroxyl groups is 1. The lowest BCUT2D eigenvalue weighted by molar-refractivity contribution is -0.131. The molecule has 4 rings (SSSR count). The van der Waals surface area contributed by atoms with Crippen LogP contribution in [0.4, 0.5) is 4.39 Å². The van der Waals surface area contributed by atoms with Crippen LogP contribution >= 0.6 is 0 Å². The number of piperidine rings is 1. The molecule has 0 saturated carbocycles. The molecule has 3 heterocycles. The Morgan fingerprint density at radius 3 is 2.57 bits per heavy atom. The summed E-state index contributed by atoms with van der Waals surface area (Å²) in [5.41, 5.74) is -0.545. The molecule has 12 nitrogen and oxygen atoms in total. The number of amides is 1. The zero-order chi connectivity index (χ0) is 26.9. The number of aromatic amines is 2. The lowest BCUT2D eigenvalue weighted by Gasteiger charge is -2.32. The molecule has 1 saturated heterocycles. The maximum atomic E-state index is 13.3. The van der Waals surface area contributed by atoms with Gasteiger partial charge in [0.05, 0.1) is 12.3 Å². The highest BCUT2D eigenvalue weighted by molar-refractivity contribution is 5.84. The van der Waals surface area contributed by atoms with Crippen LogP contribution in [0, 0.1) is 5.82 Å². The Bertz CT molecular complexity index is 1300. The van der Waals surface area contributed by atoms with Gasteiger partial charge >= 0.3 is 11.7 Å². The molecule has 1 aromatic carbocycles. The highest BCUT2D eigenvalue weighted by Gasteiger charge is 2.25. The van der Waals surface area contributed by atoms with Gasteiger partial charge in [-0.05, 0) is 45.0 Å². The van der Waals surface area contributed by atoms with Crippen LogP contribution in [0.15, 0.2) is 38.4 Å². The molecule has 4 N–H and O–H groups in total. The molecule has 1 aliphatic heterocycles. The molecule has 0 spiro atoms. The van der Waals surface area contributed by atoms with E-state index in [2.05, 4.69) is 10.1 Å². The van der Waals surface area contributed by atoms with Crippen molar-refractivity contribution in [3.8, 4) is 0 Å². The summed E-state index contributed by atoms with van der Waals surface area (Å²) in [7, 11) is 0. The van der Waals surface area contributed by atoms with Crippen molar-refractivity contribution in [3.05, 3.63) is 62.3 Å². The molecule has 13 heteroatoms. The number of hydrogen-bond acceptors (Lipinski definition) is 8. The number of H-pyrrole nitrogens is 2. The molecule has 3 aromatic rings. The number of aromatic nitrogens is 3. The van der Waals surface area contributed by atoms with Crippen molar-refractivity contribution < 1.29 is 28.7 Å². The second-order valence-corrected chi connectivity index (χ2v) is 8.58. The minimum atomic E-state index is -1.34. The van der Waals surface area contributed by atoms with Crippen LogP contribution < -0.4 is 11.2 Å². The van der Waals surface area contributed by atoms with E-state index in [0.29, 0.717) is 24.6 Å². The van der Waals surface area contributed by atoms with Gasteiger partial charge in [0.2, 0.25) is 5.91 Å². The van der Waals surface area contributed by atoms with Gasteiger partial charge in [0.25, 0.3) is 5.56 Å². The predicted molar refractivity (Wildman–Crippen MR) is 131 cm³/mol. The third kappa shape index (κ3) is 7.57. The maximum absolute atomic E-state index is 13.3. The van der Waals surface area contributed by atoms with Crippen LogP contribution in [0.3, 0.4) is 0 Å². The van der Waals surface area contributed by atoms with Crippen molar-refractivity contribution in [3.63, 3.8) is 0 Å². The number of benzene rings is 1. The molecule has 2 aromatic heterocycles. The van der Waals surface area contributed by atoms with Crippen LogP contribution in [0.1, 0.15) is 48.3 Å². The summed E-state index contributed by atoms with van der Waals surface area (Å²) in [6.07, 6.45) is 2.13. The number of likely N-dealkylation sites (N-methyl/N-ethyl adjacent to an activating group) is 1. The fourth-order valence-corrected chi connectivity index (χ4v) is 4.21. The molecule has 0 radical (unpaired) electrons. The molecule has 0 bridgehead atoms. The lowest BCUT2D eigenvalue weighted by atomic mass is 9.91. The summed E-state index contributed by atoms with van der Waals surface area (Å²) < 4.78 is 18.6. The third-order valence-corrected chi connectivity index (χ3v) is 6.17. The Labute approximate surface area is 210 Å². The van der Waals surface area contributed by atoms with E-state index < -0.39 is 22.9 Å². The normalized spacial score (nSPS) is 14.2. The standard InChI is InChI=1S/C19H26FN3O3.C5H4N2O4/c1-2-23(18(25)7-12-24)11-10-22-8-5-14(6-9-22)19-16-4-3-15(20)13-17(16)26-21-19;8-3-1-2(4(9)10)6-5(11)7-3/h3-4,13-14,24H,2,5-12H2,1H3;1H,(H,9,10)(H2,6,7,8,11). The fraction of sp³-hybridized carbons (Fsp3) is 0.458. The molecular formula is C24H30FN5O7. The largest absolute Gasteiger partial charge is 0.477 e. The van der Waals surface area contributed by atoms with Crippen LogP contribution in [0.25, 0.3) is 11.0 Å². The van der Waals surface area contributed by atoms with Crippen molar-refractivity contribution in [1.29, 1.82) is 0 Å². The third-order valence-electron chi connectivity index (χ3n) is 6.17. The second kappa shape index (κ2) is 12.9. The zero-order valence-electron chi connectivity index (χ0n) is 20.4. The summed E-state index contributed by atoms with van der Waals surface area (Å²) in [6, 6.07) is 5.36. The van der Waals surface area contributed by atoms with E-state index in [0.717, 1.165) is 49.6 Å². The Morgan fingerprint density at radius 1 is 1.22 bits per heavy atom. The fourth-order valence-electron chi connectivity index (χ4n) is 4.21. The molecule has 1 amide bonds. The molecule has 0 atom stereocenters. The first kappa shape index (κ1) is 27.7. The molecule has 0 unspecified atom stereocenters. The van der Waals surface area contributed by atoms with Gasteiger partial charge in [0.1, 0.15) is 11.5 Å². The average molecular weight is 520 g/mol. The Hall–Kier alpha value is -3.84. The number of carboxylic acid groups (broad SMARTS) is 1. The van der Waals surface area contributed by atoms with Gasteiger partial charge in [-0.25, -0.2) is 14.0 Å². The molecule has 1 fully saturated rings. The Balaban J connectivity index is 0.000000289. The van der Waals surface area contributed by atoms with Gasteiger partial charge in [0, 0.05) is 49.5 Å².